The van der Waals surface area contributed by atoms with Crippen molar-refractivity contribution < 1.29 is 9.18 Å². The Balaban J connectivity index is 2.13. The van der Waals surface area contributed by atoms with Crippen molar-refractivity contribution in [2.75, 3.05) is 11.1 Å². The number of nitrogens with one attached hydrogen (secondary N) is 1. The molecule has 0 radical (unpaired) electrons. The molecule has 0 aliphatic heterocycles. The van der Waals surface area contributed by atoms with Crippen LogP contribution >= 0.6 is 11.6 Å². The van der Waals surface area contributed by atoms with Gasteiger partial charge in [0.25, 0.3) is 0 Å². The zero-order chi connectivity index (χ0) is 14.7. The van der Waals surface area contributed by atoms with Crippen LogP contribution in [0.25, 0.3) is 0 Å². The number of carbonyl (C=O) groups excluding carboxylic acids is 1. The molecule has 2 aromatic rings. The number of amides is 1. The van der Waals surface area contributed by atoms with Crippen molar-refractivity contribution in [3.8, 4) is 0 Å². The Morgan fingerprint density at radius 1 is 1.35 bits per heavy atom. The molecule has 1 amide bonds. The molecular weight excluding hydrogens is 279 g/mol. The van der Waals surface area contributed by atoms with E-state index >= 15 is 0 Å². The first-order valence-electron chi connectivity index (χ1n) is 6.06. The molecule has 0 fully saturated rings. The number of aryl methyl sites for hydroxylation is 1. The van der Waals surface area contributed by atoms with Crippen LogP contribution in [0.15, 0.2) is 36.4 Å². The topological polar surface area (TPSA) is 55.1 Å². The Morgan fingerprint density at radius 3 is 2.75 bits per heavy atom. The van der Waals surface area contributed by atoms with Gasteiger partial charge in [-0.15, -0.1) is 0 Å². The molecule has 104 valence electrons. The van der Waals surface area contributed by atoms with Crippen molar-refractivity contribution in [2.45, 2.75) is 13.3 Å². The molecule has 0 spiro atoms. The molecule has 0 heterocycles. The highest BCUT2D eigenvalue weighted by Gasteiger charge is 2.12. The summed E-state index contributed by atoms with van der Waals surface area (Å²) in [5.41, 5.74) is 7.95. The molecule has 0 bridgehead atoms. The minimum absolute atomic E-state index is 0.116. The third-order valence-corrected chi connectivity index (χ3v) is 3.28. The molecule has 3 nitrogen and oxygen atoms in total. The van der Waals surface area contributed by atoms with Gasteiger partial charge < -0.3 is 11.1 Å². The van der Waals surface area contributed by atoms with Gasteiger partial charge in [-0.2, -0.15) is 0 Å². The number of nitrogens with two attached hydrogens (primary N) is 1. The molecule has 0 atom stereocenters. The van der Waals surface area contributed by atoms with Gasteiger partial charge in [0.15, 0.2) is 0 Å². The molecule has 0 aliphatic rings. The summed E-state index contributed by atoms with van der Waals surface area (Å²) in [6, 6.07) is 9.50. The van der Waals surface area contributed by atoms with Crippen LogP contribution in [-0.4, -0.2) is 5.91 Å². The van der Waals surface area contributed by atoms with Crippen molar-refractivity contribution in [2.24, 2.45) is 0 Å². The molecule has 0 saturated carbocycles. The van der Waals surface area contributed by atoms with E-state index in [0.29, 0.717) is 11.4 Å². The van der Waals surface area contributed by atoms with E-state index in [9.17, 15) is 9.18 Å². The van der Waals surface area contributed by atoms with Gasteiger partial charge >= 0.3 is 0 Å². The lowest BCUT2D eigenvalue weighted by Gasteiger charge is -2.10. The number of rotatable bonds is 3. The first kappa shape index (κ1) is 14.3. The van der Waals surface area contributed by atoms with Gasteiger partial charge in [0.2, 0.25) is 5.91 Å². The molecule has 3 N–H and O–H groups in total. The number of hydrogen-bond acceptors (Lipinski definition) is 2. The predicted molar refractivity (Wildman–Crippen MR) is 79.3 cm³/mol. The fourth-order valence-corrected chi connectivity index (χ4v) is 2.11. The average molecular weight is 293 g/mol. The zero-order valence-corrected chi connectivity index (χ0v) is 11.7. The van der Waals surface area contributed by atoms with Crippen molar-refractivity contribution in [3.05, 3.63) is 58.4 Å². The van der Waals surface area contributed by atoms with E-state index in [1.807, 2.05) is 6.92 Å². The molecular formula is C15H14ClFN2O. The Kier molecular flexibility index (Phi) is 4.25. The zero-order valence-electron chi connectivity index (χ0n) is 10.9. The number of carbonyl (C=O) groups is 1. The third-order valence-electron chi connectivity index (χ3n) is 2.92. The monoisotopic (exact) mass is 292 g/mol. The summed E-state index contributed by atoms with van der Waals surface area (Å²) < 4.78 is 13.6. The summed E-state index contributed by atoms with van der Waals surface area (Å²) in [7, 11) is 0. The number of halogens is 2. The molecule has 0 aromatic heterocycles. The van der Waals surface area contributed by atoms with E-state index in [4.69, 9.17) is 17.3 Å². The third kappa shape index (κ3) is 3.27. The van der Waals surface area contributed by atoms with Gasteiger partial charge in [0.05, 0.1) is 6.42 Å². The maximum Gasteiger partial charge on any atom is 0.228 e. The van der Waals surface area contributed by atoms with Crippen molar-refractivity contribution in [1.82, 2.24) is 0 Å². The Hall–Kier alpha value is -2.07. The highest BCUT2D eigenvalue weighted by molar-refractivity contribution is 6.31. The summed E-state index contributed by atoms with van der Waals surface area (Å²) in [6.45, 7) is 1.84. The maximum absolute atomic E-state index is 13.6. The largest absolute Gasteiger partial charge is 0.399 e. The Bertz CT molecular complexity index is 638. The van der Waals surface area contributed by atoms with Crippen LogP contribution in [-0.2, 0) is 11.2 Å². The molecule has 0 saturated heterocycles. The van der Waals surface area contributed by atoms with Gasteiger partial charge in [0, 0.05) is 22.0 Å². The summed E-state index contributed by atoms with van der Waals surface area (Å²) in [6.07, 6.45) is -0.116. The van der Waals surface area contributed by atoms with Crippen LogP contribution < -0.4 is 11.1 Å². The number of anilines is 2. The molecule has 5 heteroatoms. The Labute approximate surface area is 121 Å². The first-order chi connectivity index (χ1) is 9.47. The Morgan fingerprint density at radius 2 is 2.10 bits per heavy atom. The maximum atomic E-state index is 13.6. The van der Waals surface area contributed by atoms with Gasteiger partial charge in [0.1, 0.15) is 5.82 Å². The summed E-state index contributed by atoms with van der Waals surface area (Å²) in [5.74, 6) is -0.813. The minimum Gasteiger partial charge on any atom is -0.399 e. The van der Waals surface area contributed by atoms with Gasteiger partial charge in [-0.05, 0) is 42.8 Å². The normalized spacial score (nSPS) is 10.3. The van der Waals surface area contributed by atoms with E-state index in [1.54, 1.807) is 24.3 Å². The smallest absolute Gasteiger partial charge is 0.228 e. The van der Waals surface area contributed by atoms with E-state index in [2.05, 4.69) is 5.32 Å². The van der Waals surface area contributed by atoms with Crippen LogP contribution in [0.1, 0.15) is 11.1 Å². The summed E-state index contributed by atoms with van der Waals surface area (Å²) >= 11 is 5.89. The standard InChI is InChI=1S/C15H14ClFN2O/c1-9-7-10(18)5-6-14(9)19-15(20)8-11-12(16)3-2-4-13(11)17/h2-7H,8,18H2,1H3,(H,19,20). The lowest BCUT2D eigenvalue weighted by molar-refractivity contribution is -0.115. The highest BCUT2D eigenvalue weighted by atomic mass is 35.5. The van der Waals surface area contributed by atoms with Gasteiger partial charge in [-0.25, -0.2) is 4.39 Å². The lowest BCUT2D eigenvalue weighted by atomic mass is 10.1. The summed E-state index contributed by atoms with van der Waals surface area (Å²) in [5, 5.41) is 2.97. The number of nitrogen functional groups attached to an aromatic ring is 1. The van der Waals surface area contributed by atoms with Crippen LogP contribution in [0.5, 0.6) is 0 Å². The van der Waals surface area contributed by atoms with E-state index < -0.39 is 5.82 Å². The first-order valence-corrected chi connectivity index (χ1v) is 6.44. The van der Waals surface area contributed by atoms with E-state index in [1.165, 1.54) is 12.1 Å². The van der Waals surface area contributed by atoms with Crippen molar-refractivity contribution >= 4 is 28.9 Å². The van der Waals surface area contributed by atoms with Gasteiger partial charge in [-0.1, -0.05) is 17.7 Å². The van der Waals surface area contributed by atoms with Crippen LogP contribution in [0, 0.1) is 12.7 Å². The second-order valence-electron chi connectivity index (χ2n) is 4.50. The number of benzene rings is 2. The van der Waals surface area contributed by atoms with E-state index in [-0.39, 0.29) is 22.9 Å². The van der Waals surface area contributed by atoms with E-state index in [0.717, 1.165) is 5.56 Å². The molecule has 2 rings (SSSR count). The van der Waals surface area contributed by atoms with Crippen molar-refractivity contribution in [3.63, 3.8) is 0 Å². The lowest BCUT2D eigenvalue weighted by Crippen LogP contribution is -2.16. The predicted octanol–water partition coefficient (Wildman–Crippen LogP) is 3.55. The number of hydrogen-bond donors (Lipinski definition) is 2. The second kappa shape index (κ2) is 5.92. The molecule has 0 aliphatic carbocycles. The fraction of sp³-hybridized carbons (Fsp3) is 0.133. The second-order valence-corrected chi connectivity index (χ2v) is 4.91. The molecule has 0 unspecified atom stereocenters. The SMILES string of the molecule is Cc1cc(N)ccc1NC(=O)Cc1c(F)cccc1Cl. The molecule has 20 heavy (non-hydrogen) atoms. The van der Waals surface area contributed by atoms with Crippen LogP contribution in [0.2, 0.25) is 5.02 Å². The van der Waals surface area contributed by atoms with Crippen molar-refractivity contribution in [1.29, 1.82) is 0 Å². The molecule has 2 aromatic carbocycles. The van der Waals surface area contributed by atoms with Gasteiger partial charge in [-0.3, -0.25) is 4.79 Å². The quantitative estimate of drug-likeness (QED) is 0.850. The average Bonchev–Trinajstić information content (AvgIpc) is 2.37. The van der Waals surface area contributed by atoms with Crippen LogP contribution in [0.4, 0.5) is 15.8 Å². The minimum atomic E-state index is -0.485. The summed E-state index contributed by atoms with van der Waals surface area (Å²) in [4.78, 5) is 12.0. The highest BCUT2D eigenvalue weighted by Crippen LogP contribution is 2.21. The van der Waals surface area contributed by atoms with Crippen LogP contribution in [0.3, 0.4) is 0 Å². The fourth-order valence-electron chi connectivity index (χ4n) is 1.88.